The quantitative estimate of drug-likeness (QED) is 0.624. The lowest BCUT2D eigenvalue weighted by atomic mass is 10.6. The summed E-state index contributed by atoms with van der Waals surface area (Å²) < 4.78 is -0.795. The van der Waals surface area contributed by atoms with Gasteiger partial charge in [-0.3, -0.25) is 4.79 Å². The SMILES string of the molecule is CN(C)C(=O)C(Br)(Br)Br. The molecule has 0 aromatic heterocycles. The highest BCUT2D eigenvalue weighted by molar-refractivity contribution is 9.40. The van der Waals surface area contributed by atoms with Crippen LogP contribution < -0.4 is 0 Å². The largest absolute Gasteiger partial charge is 0.346 e. The lowest BCUT2D eigenvalue weighted by Gasteiger charge is -2.16. The molecule has 0 spiro atoms. The smallest absolute Gasteiger partial charge is 0.260 e. The van der Waals surface area contributed by atoms with E-state index in [0.29, 0.717) is 0 Å². The van der Waals surface area contributed by atoms with Crippen LogP contribution >= 0.6 is 47.8 Å². The second-order valence-electron chi connectivity index (χ2n) is 1.70. The van der Waals surface area contributed by atoms with Gasteiger partial charge in [0.15, 0.2) is 0 Å². The molecule has 0 saturated heterocycles. The third-order valence-corrected chi connectivity index (χ3v) is 1.67. The molecule has 0 unspecified atom stereocenters. The summed E-state index contributed by atoms with van der Waals surface area (Å²) in [5.74, 6) is -0.0810. The molecule has 0 rings (SSSR count). The number of amides is 1. The molecule has 0 aliphatic rings. The summed E-state index contributed by atoms with van der Waals surface area (Å²) >= 11 is 9.26. The first-order chi connectivity index (χ1) is 3.85. The highest BCUT2D eigenvalue weighted by atomic mass is 80.0. The van der Waals surface area contributed by atoms with Gasteiger partial charge in [0.25, 0.3) is 5.91 Å². The van der Waals surface area contributed by atoms with Crippen molar-refractivity contribution < 1.29 is 4.79 Å². The molecule has 0 heterocycles. The zero-order valence-electron chi connectivity index (χ0n) is 4.99. The van der Waals surface area contributed by atoms with Crippen molar-refractivity contribution in [2.24, 2.45) is 0 Å². The summed E-state index contributed by atoms with van der Waals surface area (Å²) in [5, 5.41) is 0. The number of nitrogens with zero attached hydrogens (tertiary/aromatic N) is 1. The highest BCUT2D eigenvalue weighted by Crippen LogP contribution is 2.34. The van der Waals surface area contributed by atoms with Gasteiger partial charge in [-0.15, -0.1) is 0 Å². The first-order valence-electron chi connectivity index (χ1n) is 2.14. The van der Waals surface area contributed by atoms with Crippen molar-refractivity contribution in [3.05, 3.63) is 0 Å². The van der Waals surface area contributed by atoms with Gasteiger partial charge < -0.3 is 4.90 Å². The molecule has 0 atom stereocenters. The van der Waals surface area contributed by atoms with Gasteiger partial charge in [-0.1, -0.05) is 0 Å². The van der Waals surface area contributed by atoms with Gasteiger partial charge in [0, 0.05) is 14.1 Å². The normalized spacial score (nSPS) is 11.2. The molecule has 0 aliphatic heterocycles. The topological polar surface area (TPSA) is 20.3 Å². The van der Waals surface area contributed by atoms with E-state index in [4.69, 9.17) is 0 Å². The summed E-state index contributed by atoms with van der Waals surface area (Å²) in [6, 6.07) is 0. The van der Waals surface area contributed by atoms with Crippen molar-refractivity contribution in [2.75, 3.05) is 14.1 Å². The average molecular weight is 324 g/mol. The zero-order chi connectivity index (χ0) is 7.65. The molecule has 0 aliphatic carbocycles. The zero-order valence-corrected chi connectivity index (χ0v) is 9.75. The maximum absolute atomic E-state index is 10.9. The fraction of sp³-hybridized carbons (Fsp3) is 0.750. The van der Waals surface area contributed by atoms with Gasteiger partial charge in [0.2, 0.25) is 2.14 Å². The van der Waals surface area contributed by atoms with Crippen LogP contribution in [0.15, 0.2) is 0 Å². The van der Waals surface area contributed by atoms with Crippen LogP contribution in [0.25, 0.3) is 0 Å². The molecule has 0 fully saturated rings. The number of carbonyl (C=O) groups is 1. The Labute approximate surface area is 79.4 Å². The van der Waals surface area contributed by atoms with E-state index in [1.165, 1.54) is 4.90 Å². The summed E-state index contributed by atoms with van der Waals surface area (Å²) in [6.07, 6.45) is 0. The summed E-state index contributed by atoms with van der Waals surface area (Å²) in [6.45, 7) is 0. The number of hydrogen-bond acceptors (Lipinski definition) is 1. The van der Waals surface area contributed by atoms with Crippen LogP contribution in [0.2, 0.25) is 0 Å². The molecule has 0 aromatic carbocycles. The molecule has 0 aromatic rings. The fourth-order valence-corrected chi connectivity index (χ4v) is 1.32. The minimum atomic E-state index is -0.795. The van der Waals surface area contributed by atoms with E-state index in [-0.39, 0.29) is 5.91 Å². The summed E-state index contributed by atoms with van der Waals surface area (Å²) in [4.78, 5) is 12.4. The van der Waals surface area contributed by atoms with Crippen LogP contribution in [0.1, 0.15) is 0 Å². The monoisotopic (exact) mass is 321 g/mol. The van der Waals surface area contributed by atoms with Crippen molar-refractivity contribution in [2.45, 2.75) is 2.14 Å². The molecular weight excluding hydrogens is 318 g/mol. The number of carbonyl (C=O) groups excluding carboxylic acids is 1. The molecular formula is C4H6Br3NO. The molecule has 1 amide bonds. The molecule has 0 saturated carbocycles. The molecule has 0 bridgehead atoms. The molecule has 2 nitrogen and oxygen atoms in total. The number of rotatable bonds is 0. The molecule has 9 heavy (non-hydrogen) atoms. The lowest BCUT2D eigenvalue weighted by molar-refractivity contribution is -0.126. The number of alkyl halides is 3. The average Bonchev–Trinajstić information content (AvgIpc) is 1.62. The Balaban J connectivity index is 4.06. The van der Waals surface area contributed by atoms with Gasteiger partial charge in [-0.2, -0.15) is 0 Å². The third kappa shape index (κ3) is 3.57. The standard InChI is InChI=1S/C4H6Br3NO/c1-8(2)3(9)4(5,6)7/h1-2H3. The predicted molar refractivity (Wildman–Crippen MR) is 48.2 cm³/mol. The van der Waals surface area contributed by atoms with Crippen LogP contribution in [0.3, 0.4) is 0 Å². The molecule has 5 heteroatoms. The van der Waals surface area contributed by atoms with Crippen LogP contribution in [-0.2, 0) is 4.79 Å². The van der Waals surface area contributed by atoms with Crippen molar-refractivity contribution >= 4 is 53.7 Å². The van der Waals surface area contributed by atoms with Crippen LogP contribution in [0, 0.1) is 0 Å². The van der Waals surface area contributed by atoms with Crippen molar-refractivity contribution in [1.29, 1.82) is 0 Å². The number of hydrogen-bond donors (Lipinski definition) is 0. The maximum atomic E-state index is 10.9. The van der Waals surface area contributed by atoms with Crippen molar-refractivity contribution in [3.63, 3.8) is 0 Å². The Morgan fingerprint density at radius 3 is 1.67 bits per heavy atom. The van der Waals surface area contributed by atoms with Gasteiger partial charge in [-0.05, 0) is 47.8 Å². The van der Waals surface area contributed by atoms with Gasteiger partial charge >= 0.3 is 0 Å². The van der Waals surface area contributed by atoms with Crippen molar-refractivity contribution in [3.8, 4) is 0 Å². The van der Waals surface area contributed by atoms with E-state index in [9.17, 15) is 4.79 Å². The van der Waals surface area contributed by atoms with Gasteiger partial charge in [0.1, 0.15) is 0 Å². The van der Waals surface area contributed by atoms with Crippen LogP contribution in [-0.4, -0.2) is 27.0 Å². The highest BCUT2D eigenvalue weighted by Gasteiger charge is 2.29. The maximum Gasteiger partial charge on any atom is 0.260 e. The first kappa shape index (κ1) is 9.91. The lowest BCUT2D eigenvalue weighted by Crippen LogP contribution is -2.32. The second-order valence-corrected chi connectivity index (χ2v) is 8.46. The fourth-order valence-electron chi connectivity index (χ4n) is 0.254. The van der Waals surface area contributed by atoms with Crippen molar-refractivity contribution in [1.82, 2.24) is 4.90 Å². The second kappa shape index (κ2) is 3.34. The summed E-state index contributed by atoms with van der Waals surface area (Å²) in [7, 11) is 3.36. The minimum Gasteiger partial charge on any atom is -0.346 e. The Morgan fingerprint density at radius 1 is 1.33 bits per heavy atom. The summed E-state index contributed by atoms with van der Waals surface area (Å²) in [5.41, 5.74) is 0. The van der Waals surface area contributed by atoms with Crippen LogP contribution in [0.5, 0.6) is 0 Å². The van der Waals surface area contributed by atoms with Gasteiger partial charge in [0.05, 0.1) is 0 Å². The van der Waals surface area contributed by atoms with E-state index < -0.39 is 2.14 Å². The minimum absolute atomic E-state index is 0.0810. The van der Waals surface area contributed by atoms with E-state index in [2.05, 4.69) is 47.8 Å². The van der Waals surface area contributed by atoms with E-state index in [1.54, 1.807) is 14.1 Å². The first-order valence-corrected chi connectivity index (χ1v) is 4.52. The van der Waals surface area contributed by atoms with Gasteiger partial charge in [-0.25, -0.2) is 0 Å². The Hall–Kier alpha value is 0.910. The number of halogens is 3. The Bertz CT molecular complexity index is 117. The predicted octanol–water partition coefficient (Wildman–Crippen LogP) is 1.91. The van der Waals surface area contributed by atoms with Crippen LogP contribution in [0.4, 0.5) is 0 Å². The molecule has 0 radical (unpaired) electrons. The third-order valence-electron chi connectivity index (χ3n) is 0.649. The molecule has 0 N–H and O–H groups in total. The van der Waals surface area contributed by atoms with E-state index in [1.807, 2.05) is 0 Å². The molecule has 54 valence electrons. The van der Waals surface area contributed by atoms with E-state index >= 15 is 0 Å². The van der Waals surface area contributed by atoms with E-state index in [0.717, 1.165) is 0 Å². The Morgan fingerprint density at radius 2 is 1.67 bits per heavy atom. The Kier molecular flexibility index (Phi) is 3.68.